The maximum absolute atomic E-state index is 11.8. The van der Waals surface area contributed by atoms with E-state index in [1.54, 1.807) is 18.5 Å². The van der Waals surface area contributed by atoms with Gasteiger partial charge in [0.05, 0.1) is 12.2 Å². The molecule has 3 rings (SSSR count). The van der Waals surface area contributed by atoms with Crippen molar-refractivity contribution in [2.45, 2.75) is 6.54 Å². The third kappa shape index (κ3) is 2.58. The van der Waals surface area contributed by atoms with Crippen molar-refractivity contribution in [3.8, 4) is 11.4 Å². The third-order valence-corrected chi connectivity index (χ3v) is 3.33. The Balaban J connectivity index is 1.99. The molecule has 0 N–H and O–H groups in total. The minimum Gasteiger partial charge on any atom is -0.268 e. The van der Waals surface area contributed by atoms with Crippen LogP contribution in [0.4, 0.5) is 0 Å². The first-order valence-corrected chi connectivity index (χ1v) is 6.59. The van der Waals surface area contributed by atoms with Crippen molar-refractivity contribution in [3.05, 3.63) is 63.5 Å². The highest BCUT2D eigenvalue weighted by molar-refractivity contribution is 7.09. The molecule has 5 nitrogen and oxygen atoms in total. The lowest BCUT2D eigenvalue weighted by Gasteiger charge is -2.04. The Hall–Kier alpha value is -2.34. The molecule has 0 aliphatic heterocycles. The molecule has 0 saturated carbocycles. The summed E-state index contributed by atoms with van der Waals surface area (Å²) in [5, 5.41) is 7.06. The zero-order chi connectivity index (χ0) is 13.1. The maximum Gasteiger partial charge on any atom is 0.267 e. The van der Waals surface area contributed by atoms with Crippen molar-refractivity contribution in [1.82, 2.24) is 19.7 Å². The van der Waals surface area contributed by atoms with Crippen LogP contribution in [0.2, 0.25) is 0 Å². The lowest BCUT2D eigenvalue weighted by molar-refractivity contribution is 0.639. The molecule has 0 aromatic carbocycles. The second-order valence-corrected chi connectivity index (χ2v) is 4.83. The predicted molar refractivity (Wildman–Crippen MR) is 72.9 cm³/mol. The molecular weight excluding hydrogens is 260 g/mol. The average molecular weight is 270 g/mol. The quantitative estimate of drug-likeness (QED) is 0.728. The summed E-state index contributed by atoms with van der Waals surface area (Å²) in [6.07, 6.45) is 3.42. The predicted octanol–water partition coefficient (Wildman–Crippen LogP) is 1.81. The molecule has 3 aromatic heterocycles. The smallest absolute Gasteiger partial charge is 0.267 e. The molecule has 0 radical (unpaired) electrons. The molecule has 94 valence electrons. The third-order valence-electron chi connectivity index (χ3n) is 2.56. The van der Waals surface area contributed by atoms with Gasteiger partial charge in [-0.25, -0.2) is 9.67 Å². The summed E-state index contributed by atoms with van der Waals surface area (Å²) in [4.78, 5) is 20.2. The van der Waals surface area contributed by atoms with E-state index in [1.807, 2.05) is 23.6 Å². The molecule has 6 heteroatoms. The first-order chi connectivity index (χ1) is 9.33. The van der Waals surface area contributed by atoms with Gasteiger partial charge in [0, 0.05) is 23.8 Å². The Morgan fingerprint density at radius 3 is 2.74 bits per heavy atom. The summed E-state index contributed by atoms with van der Waals surface area (Å²) in [5.74, 6) is 0. The van der Waals surface area contributed by atoms with Crippen LogP contribution in [0.15, 0.2) is 52.9 Å². The highest BCUT2D eigenvalue weighted by Crippen LogP contribution is 2.11. The fourth-order valence-corrected chi connectivity index (χ4v) is 2.27. The molecule has 0 fully saturated rings. The molecule has 0 saturated heterocycles. The van der Waals surface area contributed by atoms with Crippen LogP contribution >= 0.6 is 11.3 Å². The second kappa shape index (κ2) is 5.11. The fraction of sp³-hybridized carbons (Fsp3) is 0.0769. The molecule has 0 bridgehead atoms. The molecule has 0 atom stereocenters. The van der Waals surface area contributed by atoms with Gasteiger partial charge in [-0.1, -0.05) is 6.07 Å². The molecule has 3 heterocycles. The van der Waals surface area contributed by atoms with E-state index in [4.69, 9.17) is 0 Å². The van der Waals surface area contributed by atoms with Gasteiger partial charge in [-0.2, -0.15) is 5.10 Å². The monoisotopic (exact) mass is 270 g/mol. The van der Waals surface area contributed by atoms with Gasteiger partial charge in [-0.15, -0.1) is 11.3 Å². The molecular formula is C13H10N4OS. The van der Waals surface area contributed by atoms with Gasteiger partial charge in [0.25, 0.3) is 5.56 Å². The Morgan fingerprint density at radius 1 is 1.05 bits per heavy atom. The second-order valence-electron chi connectivity index (χ2n) is 3.86. The molecule has 19 heavy (non-hydrogen) atoms. The standard InChI is InChI=1S/C13H10N4OS/c18-13-5-4-11(10-3-1-2-6-14-10)16-17(13)9-12-15-7-8-19-12/h1-8H,9H2. The lowest BCUT2D eigenvalue weighted by Crippen LogP contribution is -2.22. The van der Waals surface area contributed by atoms with Crippen LogP contribution in [-0.2, 0) is 6.54 Å². The van der Waals surface area contributed by atoms with Crippen LogP contribution in [0, 0.1) is 0 Å². The largest absolute Gasteiger partial charge is 0.268 e. The van der Waals surface area contributed by atoms with Crippen LogP contribution in [0.3, 0.4) is 0 Å². The number of hydrogen-bond acceptors (Lipinski definition) is 5. The van der Waals surface area contributed by atoms with Crippen LogP contribution < -0.4 is 5.56 Å². The summed E-state index contributed by atoms with van der Waals surface area (Å²) in [6.45, 7) is 0.386. The average Bonchev–Trinajstić information content (AvgIpc) is 2.95. The number of hydrogen-bond donors (Lipinski definition) is 0. The Kier molecular flexibility index (Phi) is 3.16. The Morgan fingerprint density at radius 2 is 2.00 bits per heavy atom. The normalized spacial score (nSPS) is 10.5. The SMILES string of the molecule is O=c1ccc(-c2ccccn2)nn1Cc1nccs1. The van der Waals surface area contributed by atoms with Gasteiger partial charge < -0.3 is 0 Å². The first kappa shape index (κ1) is 11.7. The van der Waals surface area contributed by atoms with Crippen molar-refractivity contribution >= 4 is 11.3 Å². The van der Waals surface area contributed by atoms with Crippen LogP contribution in [0.25, 0.3) is 11.4 Å². The molecule has 0 aliphatic carbocycles. The number of rotatable bonds is 3. The van der Waals surface area contributed by atoms with Gasteiger partial charge in [0.1, 0.15) is 10.7 Å². The number of nitrogens with zero attached hydrogens (tertiary/aromatic N) is 4. The van der Waals surface area contributed by atoms with E-state index in [9.17, 15) is 4.79 Å². The Bertz CT molecular complexity index is 722. The number of thiazole rings is 1. The Labute approximate surface area is 113 Å². The first-order valence-electron chi connectivity index (χ1n) is 5.71. The molecule has 3 aromatic rings. The molecule has 0 spiro atoms. The van der Waals surface area contributed by atoms with Crippen LogP contribution in [0.5, 0.6) is 0 Å². The van der Waals surface area contributed by atoms with E-state index in [2.05, 4.69) is 15.1 Å². The van der Waals surface area contributed by atoms with Gasteiger partial charge in [-0.3, -0.25) is 9.78 Å². The topological polar surface area (TPSA) is 60.7 Å². The molecule has 0 unspecified atom stereocenters. The van der Waals surface area contributed by atoms with Crippen molar-refractivity contribution in [3.63, 3.8) is 0 Å². The maximum atomic E-state index is 11.8. The highest BCUT2D eigenvalue weighted by atomic mass is 32.1. The van der Waals surface area contributed by atoms with E-state index in [1.165, 1.54) is 22.1 Å². The van der Waals surface area contributed by atoms with Crippen molar-refractivity contribution in [1.29, 1.82) is 0 Å². The van der Waals surface area contributed by atoms with Gasteiger partial charge in [0.2, 0.25) is 0 Å². The lowest BCUT2D eigenvalue weighted by atomic mass is 10.2. The summed E-state index contributed by atoms with van der Waals surface area (Å²) >= 11 is 1.50. The van der Waals surface area contributed by atoms with Gasteiger partial charge >= 0.3 is 0 Å². The van der Waals surface area contributed by atoms with Crippen molar-refractivity contribution < 1.29 is 0 Å². The molecule has 0 amide bonds. The van der Waals surface area contributed by atoms with Crippen LogP contribution in [0.1, 0.15) is 5.01 Å². The van der Waals surface area contributed by atoms with Gasteiger partial charge in [0.15, 0.2) is 0 Å². The highest BCUT2D eigenvalue weighted by Gasteiger charge is 2.05. The number of aromatic nitrogens is 4. The van der Waals surface area contributed by atoms with Gasteiger partial charge in [-0.05, 0) is 18.2 Å². The fourth-order valence-electron chi connectivity index (χ4n) is 1.67. The minimum absolute atomic E-state index is 0.144. The van der Waals surface area contributed by atoms with Crippen molar-refractivity contribution in [2.75, 3.05) is 0 Å². The zero-order valence-electron chi connectivity index (χ0n) is 9.93. The van der Waals surface area contributed by atoms with E-state index in [0.29, 0.717) is 12.2 Å². The van der Waals surface area contributed by atoms with Crippen LogP contribution in [-0.4, -0.2) is 19.7 Å². The van der Waals surface area contributed by atoms with E-state index in [-0.39, 0.29) is 5.56 Å². The summed E-state index contributed by atoms with van der Waals surface area (Å²) in [7, 11) is 0. The van der Waals surface area contributed by atoms with Crippen molar-refractivity contribution in [2.24, 2.45) is 0 Å². The summed E-state index contributed by atoms with van der Waals surface area (Å²) < 4.78 is 1.41. The minimum atomic E-state index is -0.144. The van der Waals surface area contributed by atoms with E-state index >= 15 is 0 Å². The number of pyridine rings is 1. The van der Waals surface area contributed by atoms with E-state index in [0.717, 1.165) is 10.7 Å². The summed E-state index contributed by atoms with van der Waals surface area (Å²) in [6, 6.07) is 8.78. The van der Waals surface area contributed by atoms with E-state index < -0.39 is 0 Å². The zero-order valence-corrected chi connectivity index (χ0v) is 10.7. The molecule has 0 aliphatic rings. The summed E-state index contributed by atoms with van der Waals surface area (Å²) in [5.41, 5.74) is 1.28.